The minimum Gasteiger partial charge on any atom is -0.508 e. The van der Waals surface area contributed by atoms with Crippen molar-refractivity contribution in [2.45, 2.75) is 23.5 Å². The number of anilines is 2. The molecule has 0 aliphatic carbocycles. The fourth-order valence-electron chi connectivity index (χ4n) is 4.56. The third-order valence-electron chi connectivity index (χ3n) is 6.96. The Morgan fingerprint density at radius 3 is 2.50 bits per heavy atom. The Bertz CT molecular complexity index is 1970. The second-order valence-electron chi connectivity index (χ2n) is 10.3. The minimum absolute atomic E-state index is 0.00907. The predicted molar refractivity (Wildman–Crippen MR) is 193 cm³/mol. The number of benzene rings is 4. The second-order valence-corrected chi connectivity index (χ2v) is 12.8. The lowest BCUT2D eigenvalue weighted by Gasteiger charge is -2.15. The average Bonchev–Trinajstić information content (AvgIpc) is 3.56. The zero-order valence-electron chi connectivity index (χ0n) is 25.9. The van der Waals surface area contributed by atoms with Crippen molar-refractivity contribution < 1.29 is 24.2 Å². The summed E-state index contributed by atoms with van der Waals surface area (Å²) in [5, 5.41) is 20.8. The molecule has 1 atom stereocenters. The number of thiazole rings is 1. The molecule has 0 aliphatic heterocycles. The van der Waals surface area contributed by atoms with E-state index in [0.717, 1.165) is 10.5 Å². The van der Waals surface area contributed by atoms with Gasteiger partial charge in [-0.1, -0.05) is 61.0 Å². The lowest BCUT2D eigenvalue weighted by atomic mass is 10.1. The number of rotatable bonds is 12. The highest BCUT2D eigenvalue weighted by Gasteiger charge is 2.21. The highest BCUT2D eigenvalue weighted by molar-refractivity contribution is 8.00. The Hall–Kier alpha value is -5.10. The van der Waals surface area contributed by atoms with Gasteiger partial charge in [0.05, 0.1) is 18.1 Å². The third kappa shape index (κ3) is 8.82. The van der Waals surface area contributed by atoms with Gasteiger partial charge in [-0.25, -0.2) is 4.98 Å². The molecule has 1 heterocycles. The zero-order valence-corrected chi connectivity index (χ0v) is 28.3. The molecule has 1 aromatic heterocycles. The van der Waals surface area contributed by atoms with E-state index in [-0.39, 0.29) is 17.4 Å². The van der Waals surface area contributed by atoms with Gasteiger partial charge in [0.25, 0.3) is 11.8 Å². The summed E-state index contributed by atoms with van der Waals surface area (Å²) < 4.78 is 5.37. The maximum absolute atomic E-state index is 13.6. The molecule has 0 saturated carbocycles. The van der Waals surface area contributed by atoms with Gasteiger partial charge in [0.2, 0.25) is 5.91 Å². The van der Waals surface area contributed by atoms with Crippen LogP contribution >= 0.6 is 34.7 Å². The van der Waals surface area contributed by atoms with Gasteiger partial charge in [-0.15, -0.1) is 23.1 Å². The molecule has 4 N–H and O–H groups in total. The highest BCUT2D eigenvalue weighted by Crippen LogP contribution is 2.32. The topological polar surface area (TPSA) is 130 Å². The fourth-order valence-corrected chi connectivity index (χ4v) is 6.52. The van der Waals surface area contributed by atoms with Crippen molar-refractivity contribution in [2.75, 3.05) is 17.7 Å². The molecule has 0 fully saturated rings. The van der Waals surface area contributed by atoms with Crippen molar-refractivity contribution in [3.63, 3.8) is 0 Å². The minimum atomic E-state index is -0.584. The Morgan fingerprint density at radius 1 is 0.979 bits per heavy atom. The summed E-state index contributed by atoms with van der Waals surface area (Å²) >= 11 is 8.99. The van der Waals surface area contributed by atoms with E-state index >= 15 is 0 Å². The van der Waals surface area contributed by atoms with Crippen molar-refractivity contribution in [3.8, 4) is 22.8 Å². The number of phenols is 1. The van der Waals surface area contributed by atoms with Gasteiger partial charge in [0.1, 0.15) is 17.2 Å². The molecular weight excluding hydrogens is 668 g/mol. The van der Waals surface area contributed by atoms with Crippen LogP contribution < -0.4 is 20.7 Å². The Labute approximate surface area is 291 Å². The van der Waals surface area contributed by atoms with Gasteiger partial charge in [0, 0.05) is 43.7 Å². The summed E-state index contributed by atoms with van der Waals surface area (Å²) in [5.74, 6) is -0.956. The predicted octanol–water partition coefficient (Wildman–Crippen LogP) is 8.10. The van der Waals surface area contributed by atoms with E-state index in [1.807, 2.05) is 36.6 Å². The van der Waals surface area contributed by atoms with Gasteiger partial charge in [-0.05, 0) is 61.0 Å². The van der Waals surface area contributed by atoms with Gasteiger partial charge in [-0.2, -0.15) is 0 Å². The number of carbonyl (C=O) groups excluding carboxylic acids is 3. The summed E-state index contributed by atoms with van der Waals surface area (Å²) in [6, 6.07) is 27.4. The van der Waals surface area contributed by atoms with Crippen LogP contribution in [0.2, 0.25) is 5.02 Å². The van der Waals surface area contributed by atoms with Crippen LogP contribution in [-0.4, -0.2) is 40.2 Å². The summed E-state index contributed by atoms with van der Waals surface area (Å²) in [7, 11) is 1.44. The van der Waals surface area contributed by atoms with Crippen molar-refractivity contribution in [1.82, 2.24) is 10.3 Å². The molecule has 244 valence electrons. The third-order valence-corrected chi connectivity index (χ3v) is 9.41. The zero-order chi connectivity index (χ0) is 34.0. The number of carbonyl (C=O) groups is 3. The van der Waals surface area contributed by atoms with Crippen molar-refractivity contribution in [2.24, 2.45) is 0 Å². The van der Waals surface area contributed by atoms with E-state index in [2.05, 4.69) is 20.9 Å². The Morgan fingerprint density at radius 2 is 1.75 bits per heavy atom. The normalized spacial score (nSPS) is 11.8. The molecule has 9 nitrogen and oxygen atoms in total. The van der Waals surface area contributed by atoms with E-state index in [1.165, 1.54) is 48.4 Å². The molecule has 1 unspecified atom stereocenters. The van der Waals surface area contributed by atoms with Crippen molar-refractivity contribution in [3.05, 3.63) is 124 Å². The van der Waals surface area contributed by atoms with E-state index in [4.69, 9.17) is 16.3 Å². The maximum Gasteiger partial charge on any atom is 0.272 e. The van der Waals surface area contributed by atoms with Crippen molar-refractivity contribution >= 4 is 69.3 Å². The molecular formula is C36H31ClN4O5S2. The number of ether oxygens (including phenoxy) is 1. The van der Waals surface area contributed by atoms with E-state index in [0.29, 0.717) is 44.8 Å². The number of halogens is 1. The Kier molecular flexibility index (Phi) is 11.5. The monoisotopic (exact) mass is 698 g/mol. The van der Waals surface area contributed by atoms with Crippen LogP contribution in [0, 0.1) is 0 Å². The molecule has 5 aromatic rings. The summed E-state index contributed by atoms with van der Waals surface area (Å²) in [6.45, 7) is 1.92. The molecule has 0 bridgehead atoms. The molecule has 0 spiro atoms. The first kappa shape index (κ1) is 34.2. The van der Waals surface area contributed by atoms with Crippen LogP contribution in [0.3, 0.4) is 0 Å². The van der Waals surface area contributed by atoms with Gasteiger partial charge in [-0.3, -0.25) is 14.4 Å². The van der Waals surface area contributed by atoms with Crippen molar-refractivity contribution in [1.29, 1.82) is 0 Å². The van der Waals surface area contributed by atoms with Crippen LogP contribution in [-0.2, 0) is 9.59 Å². The number of phenolic OH excluding ortho intramolecular Hbond substituents is 1. The number of aromatic hydroxyl groups is 1. The Balaban J connectivity index is 1.31. The lowest BCUT2D eigenvalue weighted by molar-refractivity contribution is -0.116. The highest BCUT2D eigenvalue weighted by atomic mass is 35.5. The van der Waals surface area contributed by atoms with Gasteiger partial charge in [0.15, 0.2) is 5.13 Å². The molecule has 5 rings (SSSR count). The first-order valence-corrected chi connectivity index (χ1v) is 16.9. The smallest absolute Gasteiger partial charge is 0.272 e. The number of nitrogens with zero attached hydrogens (tertiary/aromatic N) is 1. The quantitative estimate of drug-likeness (QED) is 0.0765. The number of hydrogen-bond acceptors (Lipinski definition) is 8. The van der Waals surface area contributed by atoms with Crippen LogP contribution in [0.4, 0.5) is 10.8 Å². The molecule has 0 radical (unpaired) electrons. The van der Waals surface area contributed by atoms with Gasteiger partial charge >= 0.3 is 0 Å². The second kappa shape index (κ2) is 16.1. The first-order chi connectivity index (χ1) is 23.2. The average molecular weight is 699 g/mol. The SMILES string of the molecule is CCC(Sc1cccc(NC(=O)/C(=C\c2ccc(O)cc2OC)NC(=O)c2ccccc2)c1)C(=O)Nc1nc(-c2ccccc2Cl)cs1. The van der Waals surface area contributed by atoms with Crippen LogP contribution in [0.5, 0.6) is 11.5 Å². The number of amides is 3. The number of aromatic nitrogens is 1. The molecule has 0 saturated heterocycles. The summed E-state index contributed by atoms with van der Waals surface area (Å²) in [4.78, 5) is 45.2. The van der Waals surface area contributed by atoms with E-state index in [9.17, 15) is 19.5 Å². The lowest BCUT2D eigenvalue weighted by Crippen LogP contribution is -2.30. The summed E-state index contributed by atoms with van der Waals surface area (Å²) in [6.07, 6.45) is 2.02. The number of nitrogens with one attached hydrogen (secondary N) is 3. The molecule has 0 aliphatic rings. The van der Waals surface area contributed by atoms with E-state index in [1.54, 1.807) is 60.7 Å². The first-order valence-electron chi connectivity index (χ1n) is 14.8. The van der Waals surface area contributed by atoms with Crippen LogP contribution in [0.15, 0.2) is 113 Å². The number of thioether (sulfide) groups is 1. The van der Waals surface area contributed by atoms with Crippen LogP contribution in [0.1, 0.15) is 29.3 Å². The van der Waals surface area contributed by atoms with Gasteiger partial charge < -0.3 is 25.8 Å². The maximum atomic E-state index is 13.6. The number of methoxy groups -OCH3 is 1. The van der Waals surface area contributed by atoms with E-state index < -0.39 is 17.1 Å². The molecule has 4 aromatic carbocycles. The molecule has 48 heavy (non-hydrogen) atoms. The summed E-state index contributed by atoms with van der Waals surface area (Å²) in [5.41, 5.74) is 2.72. The largest absolute Gasteiger partial charge is 0.508 e. The number of hydrogen-bond donors (Lipinski definition) is 4. The molecule has 3 amide bonds. The standard InChI is InChI=1S/C36H31ClN4O5S2/c1-3-32(35(45)41-36-40-30(21-47-36)27-14-7-8-15-28(27)37)48-26-13-9-12-24(19-26)38-34(44)29(39-33(43)22-10-5-4-6-11-22)18-23-16-17-25(42)20-31(23)46-2/h4-21,32,42H,3H2,1-2H3,(H,38,44)(H,39,43)(H,40,41,45)/b29-18+. The fraction of sp³-hybridized carbons (Fsp3) is 0.111. The molecule has 12 heteroatoms. The van der Waals surface area contributed by atoms with Crippen LogP contribution in [0.25, 0.3) is 17.3 Å².